The van der Waals surface area contributed by atoms with Crippen LogP contribution in [-0.2, 0) is 4.79 Å². The van der Waals surface area contributed by atoms with Crippen molar-refractivity contribution in [3.05, 3.63) is 40.1 Å². The van der Waals surface area contributed by atoms with Crippen molar-refractivity contribution in [3.63, 3.8) is 0 Å². The minimum absolute atomic E-state index is 0.143. The number of rotatable bonds is 5. The zero-order valence-corrected chi connectivity index (χ0v) is 12.3. The van der Waals surface area contributed by atoms with Gasteiger partial charge in [0.2, 0.25) is 5.91 Å². The average molecular weight is 314 g/mol. The van der Waals surface area contributed by atoms with E-state index in [2.05, 4.69) is 15.8 Å². The molecule has 5 nitrogen and oxygen atoms in total. The van der Waals surface area contributed by atoms with Crippen LogP contribution in [0.3, 0.4) is 0 Å². The Balaban J connectivity index is 1.80. The fourth-order valence-corrected chi connectivity index (χ4v) is 2.13. The van der Waals surface area contributed by atoms with E-state index in [4.69, 9.17) is 27.7 Å². The lowest BCUT2D eigenvalue weighted by Crippen LogP contribution is -2.16. The number of halogens is 2. The van der Waals surface area contributed by atoms with Crippen molar-refractivity contribution in [2.75, 3.05) is 17.2 Å². The minimum Gasteiger partial charge on any atom is -0.367 e. The van der Waals surface area contributed by atoms with Gasteiger partial charge in [-0.05, 0) is 25.1 Å². The van der Waals surface area contributed by atoms with Crippen LogP contribution in [0.4, 0.5) is 11.5 Å². The van der Waals surface area contributed by atoms with Crippen LogP contribution in [0.2, 0.25) is 10.0 Å². The van der Waals surface area contributed by atoms with E-state index < -0.39 is 0 Å². The first kappa shape index (κ1) is 14.7. The Hall–Kier alpha value is -1.72. The lowest BCUT2D eigenvalue weighted by molar-refractivity contribution is -0.115. The first-order valence-electron chi connectivity index (χ1n) is 5.96. The number of nitrogens with one attached hydrogen (secondary N) is 2. The SMILES string of the molecule is Cc1cc(NCCC(=O)Nc2cc(Cl)cc(Cl)c2)no1. The quantitative estimate of drug-likeness (QED) is 0.882. The van der Waals surface area contributed by atoms with Crippen LogP contribution >= 0.6 is 23.2 Å². The van der Waals surface area contributed by atoms with Crippen molar-refractivity contribution < 1.29 is 9.32 Å². The van der Waals surface area contributed by atoms with Crippen LogP contribution < -0.4 is 10.6 Å². The summed E-state index contributed by atoms with van der Waals surface area (Å²) in [4.78, 5) is 11.7. The van der Waals surface area contributed by atoms with Crippen molar-refractivity contribution in [1.82, 2.24) is 5.16 Å². The van der Waals surface area contributed by atoms with E-state index in [1.165, 1.54) is 0 Å². The molecule has 1 heterocycles. The number of benzene rings is 1. The second-order valence-electron chi connectivity index (χ2n) is 4.21. The molecule has 2 N–H and O–H groups in total. The molecule has 1 aromatic carbocycles. The van der Waals surface area contributed by atoms with Crippen molar-refractivity contribution in [2.24, 2.45) is 0 Å². The molecule has 7 heteroatoms. The summed E-state index contributed by atoms with van der Waals surface area (Å²) < 4.78 is 4.90. The molecule has 0 bridgehead atoms. The number of aromatic nitrogens is 1. The van der Waals surface area contributed by atoms with E-state index in [9.17, 15) is 4.79 Å². The van der Waals surface area contributed by atoms with Gasteiger partial charge in [-0.3, -0.25) is 4.79 Å². The van der Waals surface area contributed by atoms with Gasteiger partial charge >= 0.3 is 0 Å². The van der Waals surface area contributed by atoms with Gasteiger partial charge < -0.3 is 15.2 Å². The Morgan fingerprint density at radius 3 is 2.55 bits per heavy atom. The summed E-state index contributed by atoms with van der Waals surface area (Å²) in [6.45, 7) is 2.25. The van der Waals surface area contributed by atoms with Crippen molar-refractivity contribution in [2.45, 2.75) is 13.3 Å². The molecule has 1 aromatic heterocycles. The molecule has 0 saturated heterocycles. The average Bonchev–Trinajstić information content (AvgIpc) is 2.73. The zero-order chi connectivity index (χ0) is 14.5. The second-order valence-corrected chi connectivity index (χ2v) is 5.08. The number of amides is 1. The Bertz CT molecular complexity index is 593. The van der Waals surface area contributed by atoms with E-state index in [1.807, 2.05) is 0 Å². The fraction of sp³-hybridized carbons (Fsp3) is 0.231. The smallest absolute Gasteiger partial charge is 0.226 e. The Kier molecular flexibility index (Phi) is 4.87. The standard InChI is InChI=1S/C13H13Cl2N3O2/c1-8-4-12(18-20-8)16-3-2-13(19)17-11-6-9(14)5-10(15)7-11/h4-7H,2-3H2,1H3,(H,16,18)(H,17,19). The molecular weight excluding hydrogens is 301 g/mol. The van der Waals surface area contributed by atoms with Gasteiger partial charge in [0.05, 0.1) is 0 Å². The van der Waals surface area contributed by atoms with Crippen LogP contribution in [-0.4, -0.2) is 17.6 Å². The minimum atomic E-state index is -0.143. The number of aryl methyl sites for hydroxylation is 1. The van der Waals surface area contributed by atoms with Crippen molar-refractivity contribution >= 4 is 40.6 Å². The molecule has 0 radical (unpaired) electrons. The monoisotopic (exact) mass is 313 g/mol. The summed E-state index contributed by atoms with van der Waals surface area (Å²) in [6, 6.07) is 6.64. The molecule has 0 saturated carbocycles. The summed E-state index contributed by atoms with van der Waals surface area (Å²) in [6.07, 6.45) is 0.288. The lowest BCUT2D eigenvalue weighted by Gasteiger charge is -2.06. The highest BCUT2D eigenvalue weighted by Crippen LogP contribution is 2.22. The predicted molar refractivity (Wildman–Crippen MR) is 79.4 cm³/mol. The fourth-order valence-electron chi connectivity index (χ4n) is 1.60. The maximum atomic E-state index is 11.7. The molecule has 2 aromatic rings. The Morgan fingerprint density at radius 1 is 1.25 bits per heavy atom. The van der Waals surface area contributed by atoms with Gasteiger partial charge in [0.25, 0.3) is 0 Å². The highest BCUT2D eigenvalue weighted by molar-refractivity contribution is 6.35. The lowest BCUT2D eigenvalue weighted by atomic mass is 10.3. The number of nitrogens with zero attached hydrogens (tertiary/aromatic N) is 1. The first-order chi connectivity index (χ1) is 9.52. The van der Waals surface area contributed by atoms with Gasteiger partial charge in [0.15, 0.2) is 5.82 Å². The largest absolute Gasteiger partial charge is 0.367 e. The number of hydrogen-bond donors (Lipinski definition) is 2. The maximum Gasteiger partial charge on any atom is 0.226 e. The predicted octanol–water partition coefficient (Wildman–Crippen LogP) is 3.73. The van der Waals surface area contributed by atoms with Gasteiger partial charge in [-0.15, -0.1) is 0 Å². The van der Waals surface area contributed by atoms with Gasteiger partial charge in [-0.2, -0.15) is 0 Å². The molecule has 0 aliphatic rings. The van der Waals surface area contributed by atoms with E-state index in [1.54, 1.807) is 31.2 Å². The summed E-state index contributed by atoms with van der Waals surface area (Å²) in [5, 5.41) is 10.4. The van der Waals surface area contributed by atoms with E-state index >= 15 is 0 Å². The molecule has 106 valence electrons. The van der Waals surface area contributed by atoms with Crippen LogP contribution in [0.1, 0.15) is 12.2 Å². The van der Waals surface area contributed by atoms with Crippen LogP contribution in [0.5, 0.6) is 0 Å². The molecule has 0 spiro atoms. The topological polar surface area (TPSA) is 67.2 Å². The van der Waals surface area contributed by atoms with Crippen molar-refractivity contribution in [3.8, 4) is 0 Å². The maximum absolute atomic E-state index is 11.7. The number of anilines is 2. The molecule has 2 rings (SSSR count). The normalized spacial score (nSPS) is 10.3. The first-order valence-corrected chi connectivity index (χ1v) is 6.71. The van der Waals surface area contributed by atoms with Gasteiger partial charge in [-0.25, -0.2) is 0 Å². The van der Waals surface area contributed by atoms with Crippen LogP contribution in [0, 0.1) is 6.92 Å². The number of hydrogen-bond acceptors (Lipinski definition) is 4. The second kappa shape index (κ2) is 6.63. The summed E-state index contributed by atoms with van der Waals surface area (Å²) in [5.41, 5.74) is 0.574. The molecule has 0 atom stereocenters. The third kappa shape index (κ3) is 4.43. The zero-order valence-electron chi connectivity index (χ0n) is 10.7. The molecular formula is C13H13Cl2N3O2. The third-order valence-electron chi connectivity index (χ3n) is 2.43. The van der Waals surface area contributed by atoms with Gasteiger partial charge in [-0.1, -0.05) is 28.4 Å². The van der Waals surface area contributed by atoms with E-state index in [0.717, 1.165) is 0 Å². The van der Waals surface area contributed by atoms with Crippen LogP contribution in [0.25, 0.3) is 0 Å². The molecule has 20 heavy (non-hydrogen) atoms. The summed E-state index contributed by atoms with van der Waals surface area (Å²) >= 11 is 11.7. The molecule has 0 aliphatic carbocycles. The van der Waals surface area contributed by atoms with E-state index in [-0.39, 0.29) is 12.3 Å². The molecule has 0 aliphatic heterocycles. The van der Waals surface area contributed by atoms with E-state index in [0.29, 0.717) is 33.9 Å². The molecule has 0 fully saturated rings. The molecule has 1 amide bonds. The third-order valence-corrected chi connectivity index (χ3v) is 2.87. The number of carbonyl (C=O) groups is 1. The van der Waals surface area contributed by atoms with Crippen molar-refractivity contribution in [1.29, 1.82) is 0 Å². The summed E-state index contributed by atoms with van der Waals surface area (Å²) in [7, 11) is 0. The van der Waals surface area contributed by atoms with Gasteiger partial charge in [0, 0.05) is 34.8 Å². The number of carbonyl (C=O) groups excluding carboxylic acids is 1. The Labute approximate surface area is 126 Å². The Morgan fingerprint density at radius 2 is 1.95 bits per heavy atom. The highest BCUT2D eigenvalue weighted by Gasteiger charge is 2.05. The van der Waals surface area contributed by atoms with Gasteiger partial charge in [0.1, 0.15) is 5.76 Å². The molecule has 0 unspecified atom stereocenters. The van der Waals surface area contributed by atoms with Crippen LogP contribution in [0.15, 0.2) is 28.8 Å². The highest BCUT2D eigenvalue weighted by atomic mass is 35.5. The summed E-state index contributed by atoms with van der Waals surface area (Å²) in [5.74, 6) is 1.18.